The Morgan fingerprint density at radius 2 is 1.62 bits per heavy atom. The van der Waals surface area contributed by atoms with Gasteiger partial charge in [0.25, 0.3) is 0 Å². The quantitative estimate of drug-likeness (QED) is 0.595. The van der Waals surface area contributed by atoms with E-state index in [1.54, 1.807) is 4.68 Å². The molecule has 2 aromatic rings. The van der Waals surface area contributed by atoms with E-state index in [0.717, 1.165) is 35.9 Å². The van der Waals surface area contributed by atoms with Crippen LogP contribution in [0.5, 0.6) is 0 Å². The fourth-order valence-electron chi connectivity index (χ4n) is 3.45. The zero-order valence-corrected chi connectivity index (χ0v) is 23.6. The third kappa shape index (κ3) is 8.91. The van der Waals surface area contributed by atoms with Gasteiger partial charge in [-0.2, -0.15) is 15.3 Å². The summed E-state index contributed by atoms with van der Waals surface area (Å²) < 4.78 is 3.63. The van der Waals surface area contributed by atoms with Crippen molar-refractivity contribution in [1.29, 1.82) is 0 Å². The molecule has 9 heteroatoms. The SMILES string of the molecule is CC1=NN(C)C(C)C1C.CCC1(C)CC(C)=NO1.Cc1cc(C)n(C)n1.Cc1nc(C)n(C)n1. The number of nitrogens with zero attached hydrogens (tertiary/aromatic N) is 8. The van der Waals surface area contributed by atoms with Crippen LogP contribution in [0.25, 0.3) is 0 Å². The predicted octanol–water partition coefficient (Wildman–Crippen LogP) is 4.75. The molecular weight excluding hydrogens is 428 g/mol. The highest BCUT2D eigenvalue weighted by Crippen LogP contribution is 2.25. The van der Waals surface area contributed by atoms with E-state index in [4.69, 9.17) is 4.84 Å². The van der Waals surface area contributed by atoms with Crippen LogP contribution >= 0.6 is 0 Å². The Balaban J connectivity index is 0.000000227. The Kier molecular flexibility index (Phi) is 10.9. The van der Waals surface area contributed by atoms with Gasteiger partial charge in [-0.05, 0) is 67.9 Å². The number of hydrazone groups is 1. The maximum absolute atomic E-state index is 5.19. The number of oxime groups is 1. The topological polar surface area (TPSA) is 85.7 Å². The molecule has 9 nitrogen and oxygen atoms in total. The van der Waals surface area contributed by atoms with Gasteiger partial charge in [-0.1, -0.05) is 19.0 Å². The van der Waals surface area contributed by atoms with E-state index < -0.39 is 0 Å². The van der Waals surface area contributed by atoms with Crippen molar-refractivity contribution in [2.24, 2.45) is 30.3 Å². The number of hydrogen-bond acceptors (Lipinski definition) is 7. The van der Waals surface area contributed by atoms with E-state index in [-0.39, 0.29) is 5.60 Å². The van der Waals surface area contributed by atoms with Crippen LogP contribution in [-0.4, -0.2) is 59.7 Å². The first-order valence-electron chi connectivity index (χ1n) is 12.0. The van der Waals surface area contributed by atoms with Gasteiger partial charge in [0.15, 0.2) is 0 Å². The molecule has 0 saturated heterocycles. The number of aryl methyl sites for hydroxylation is 6. The van der Waals surface area contributed by atoms with Crippen molar-refractivity contribution in [3.05, 3.63) is 29.1 Å². The monoisotopic (exact) mass is 474 g/mol. The highest BCUT2D eigenvalue weighted by atomic mass is 16.7. The highest BCUT2D eigenvalue weighted by Gasteiger charge is 2.29. The average molecular weight is 475 g/mol. The van der Waals surface area contributed by atoms with Gasteiger partial charge in [-0.15, -0.1) is 0 Å². The zero-order valence-electron chi connectivity index (χ0n) is 23.6. The van der Waals surface area contributed by atoms with Gasteiger partial charge in [0.05, 0.1) is 17.4 Å². The molecule has 0 aliphatic carbocycles. The predicted molar refractivity (Wildman–Crippen MR) is 140 cm³/mol. The molecule has 4 rings (SSSR count). The summed E-state index contributed by atoms with van der Waals surface area (Å²) in [5, 5.41) is 18.3. The molecule has 4 heterocycles. The molecule has 192 valence electrons. The van der Waals surface area contributed by atoms with E-state index in [1.807, 2.05) is 65.5 Å². The number of hydrogen-bond donors (Lipinski definition) is 0. The summed E-state index contributed by atoms with van der Waals surface area (Å²) in [5.41, 5.74) is 4.67. The number of aromatic nitrogens is 5. The fourth-order valence-corrected chi connectivity index (χ4v) is 3.45. The molecule has 2 aromatic heterocycles. The van der Waals surface area contributed by atoms with Crippen molar-refractivity contribution in [3.8, 4) is 0 Å². The Bertz CT molecular complexity index is 890. The average Bonchev–Trinajstić information content (AvgIpc) is 3.42. The summed E-state index contributed by atoms with van der Waals surface area (Å²) in [5.74, 6) is 2.43. The first-order valence-corrected chi connectivity index (χ1v) is 12.0. The van der Waals surface area contributed by atoms with Gasteiger partial charge in [0, 0.05) is 44.9 Å². The van der Waals surface area contributed by atoms with Gasteiger partial charge in [0.2, 0.25) is 0 Å². The maximum Gasteiger partial charge on any atom is 0.147 e. The third-order valence-corrected chi connectivity index (χ3v) is 6.41. The second-order valence-electron chi connectivity index (χ2n) is 9.62. The van der Waals surface area contributed by atoms with E-state index in [2.05, 4.69) is 66.1 Å². The van der Waals surface area contributed by atoms with Crippen molar-refractivity contribution in [2.75, 3.05) is 7.05 Å². The van der Waals surface area contributed by atoms with Crippen molar-refractivity contribution in [2.45, 2.75) is 93.7 Å². The summed E-state index contributed by atoms with van der Waals surface area (Å²) in [6, 6.07) is 2.64. The van der Waals surface area contributed by atoms with Gasteiger partial charge >= 0.3 is 0 Å². The van der Waals surface area contributed by atoms with Crippen molar-refractivity contribution in [1.82, 2.24) is 29.6 Å². The molecule has 3 atom stereocenters. The van der Waals surface area contributed by atoms with Crippen molar-refractivity contribution >= 4 is 11.4 Å². The van der Waals surface area contributed by atoms with E-state index in [1.165, 1.54) is 11.4 Å². The van der Waals surface area contributed by atoms with Gasteiger partial charge in [-0.3, -0.25) is 14.4 Å². The molecule has 0 bridgehead atoms. The molecule has 0 saturated carbocycles. The summed E-state index contributed by atoms with van der Waals surface area (Å²) in [4.78, 5) is 9.25. The zero-order chi connectivity index (χ0) is 26.2. The highest BCUT2D eigenvalue weighted by molar-refractivity contribution is 5.85. The Hall–Kier alpha value is -2.71. The molecule has 2 aliphatic rings. The summed E-state index contributed by atoms with van der Waals surface area (Å²) in [6.07, 6.45) is 2.03. The minimum atomic E-state index is 0.00405. The van der Waals surface area contributed by atoms with Crippen LogP contribution in [0.2, 0.25) is 0 Å². The van der Waals surface area contributed by atoms with Crippen molar-refractivity contribution in [3.63, 3.8) is 0 Å². The van der Waals surface area contributed by atoms with Crippen LogP contribution in [0.4, 0.5) is 0 Å². The standard InChI is InChI=1S/C7H14N2.C7H13NO.C6H10N2.C5H9N3/c1-5-6(2)8-9(4)7(5)3;1-4-7(3)5-6(2)8-9-7;1-5-4-6(2)8(3)7-5;1-4-6-5(2)8(3)7-4/h5,7H,1-4H3;4-5H2,1-3H3;4H,1-3H3;1-3H3. The van der Waals surface area contributed by atoms with Gasteiger partial charge in [-0.25, -0.2) is 4.98 Å². The molecule has 34 heavy (non-hydrogen) atoms. The molecule has 2 aliphatic heterocycles. The largest absolute Gasteiger partial charge is 0.389 e. The lowest BCUT2D eigenvalue weighted by Gasteiger charge is -2.17. The molecule has 0 N–H and O–H groups in total. The second kappa shape index (κ2) is 12.7. The van der Waals surface area contributed by atoms with E-state index in [9.17, 15) is 0 Å². The Morgan fingerprint density at radius 3 is 1.76 bits per heavy atom. The lowest BCUT2D eigenvalue weighted by Crippen LogP contribution is -2.24. The smallest absolute Gasteiger partial charge is 0.147 e. The van der Waals surface area contributed by atoms with E-state index in [0.29, 0.717) is 12.0 Å². The molecule has 0 spiro atoms. The van der Waals surface area contributed by atoms with Crippen LogP contribution in [0, 0.1) is 33.6 Å². The number of rotatable bonds is 1. The van der Waals surface area contributed by atoms with Crippen LogP contribution in [0.15, 0.2) is 16.3 Å². The minimum Gasteiger partial charge on any atom is -0.389 e. The first-order chi connectivity index (χ1) is 15.7. The lowest BCUT2D eigenvalue weighted by molar-refractivity contribution is -0.00605. The Morgan fingerprint density at radius 1 is 1.00 bits per heavy atom. The second-order valence-corrected chi connectivity index (χ2v) is 9.62. The summed E-state index contributed by atoms with van der Waals surface area (Å²) in [6.45, 7) is 20.6. The van der Waals surface area contributed by atoms with Crippen LogP contribution in [0.3, 0.4) is 0 Å². The van der Waals surface area contributed by atoms with Crippen LogP contribution in [0.1, 0.15) is 77.4 Å². The minimum absolute atomic E-state index is 0.00405. The molecule has 0 fully saturated rings. The normalized spacial score (nSPS) is 22.9. The molecule has 0 radical (unpaired) electrons. The third-order valence-electron chi connectivity index (χ3n) is 6.41. The molecule has 3 unspecified atom stereocenters. The van der Waals surface area contributed by atoms with Crippen LogP contribution < -0.4 is 0 Å². The van der Waals surface area contributed by atoms with Crippen molar-refractivity contribution < 1.29 is 4.84 Å². The molecular formula is C25H46N8O. The molecule has 0 amide bonds. The maximum atomic E-state index is 5.19. The lowest BCUT2D eigenvalue weighted by atomic mass is 9.98. The molecule has 0 aromatic carbocycles. The fraction of sp³-hybridized carbons (Fsp3) is 0.720. The summed E-state index contributed by atoms with van der Waals surface area (Å²) >= 11 is 0. The van der Waals surface area contributed by atoms with Crippen LogP contribution in [-0.2, 0) is 18.9 Å². The van der Waals surface area contributed by atoms with E-state index >= 15 is 0 Å². The van der Waals surface area contributed by atoms with Gasteiger partial charge in [0.1, 0.15) is 17.2 Å². The Labute approximate surface area is 206 Å². The summed E-state index contributed by atoms with van der Waals surface area (Å²) in [7, 11) is 5.86. The first kappa shape index (κ1) is 29.3. The van der Waals surface area contributed by atoms with Gasteiger partial charge < -0.3 is 4.84 Å².